The summed E-state index contributed by atoms with van der Waals surface area (Å²) in [5.74, 6) is 0.719. The Labute approximate surface area is 144 Å². The Morgan fingerprint density at radius 2 is 1.96 bits per heavy atom. The molecular weight excluding hydrogens is 326 g/mol. The van der Waals surface area contributed by atoms with E-state index in [1.807, 2.05) is 45.9 Å². The van der Waals surface area contributed by atoms with Crippen LogP contribution in [0.2, 0.25) is 0 Å². The average molecular weight is 349 g/mol. The van der Waals surface area contributed by atoms with Gasteiger partial charge < -0.3 is 5.32 Å². The van der Waals surface area contributed by atoms with Gasteiger partial charge in [-0.2, -0.15) is 4.68 Å². The van der Waals surface area contributed by atoms with Gasteiger partial charge in [-0.3, -0.25) is 9.00 Å². The number of para-hydroxylation sites is 1. The summed E-state index contributed by atoms with van der Waals surface area (Å²) in [6.07, 6.45) is 0. The van der Waals surface area contributed by atoms with Crippen molar-refractivity contribution in [1.82, 2.24) is 25.5 Å². The van der Waals surface area contributed by atoms with E-state index in [1.165, 1.54) is 0 Å². The van der Waals surface area contributed by atoms with Crippen LogP contribution >= 0.6 is 0 Å². The first-order valence-electron chi connectivity index (χ1n) is 7.84. The van der Waals surface area contributed by atoms with Crippen molar-refractivity contribution in [1.29, 1.82) is 0 Å². The first-order chi connectivity index (χ1) is 11.4. The summed E-state index contributed by atoms with van der Waals surface area (Å²) in [5.41, 5.74) is 2.95. The summed E-state index contributed by atoms with van der Waals surface area (Å²) in [6.45, 7) is 8.55. The van der Waals surface area contributed by atoms with Gasteiger partial charge in [-0.15, -0.1) is 5.10 Å². The van der Waals surface area contributed by atoms with E-state index in [9.17, 15) is 9.00 Å². The Kier molecular flexibility index (Phi) is 6.19. The second-order valence-electron chi connectivity index (χ2n) is 6.17. The van der Waals surface area contributed by atoms with E-state index in [1.54, 1.807) is 4.68 Å². The standard InChI is InChI=1S/C16H23N5O2S/c1-11(2)8-17-15(22)10-24(23)9-14-18-19-20-21(14)16-12(3)6-5-7-13(16)4/h5-7,11H,8-10H2,1-4H3,(H,17,22)/t24-/m0/s1. The molecule has 8 heteroatoms. The van der Waals surface area contributed by atoms with Crippen molar-refractivity contribution in [3.05, 3.63) is 35.2 Å². The van der Waals surface area contributed by atoms with Crippen molar-refractivity contribution < 1.29 is 9.00 Å². The number of hydrogen-bond acceptors (Lipinski definition) is 5. The zero-order chi connectivity index (χ0) is 17.7. The van der Waals surface area contributed by atoms with Crippen LogP contribution in [-0.4, -0.2) is 42.6 Å². The van der Waals surface area contributed by atoms with Crippen LogP contribution in [0.4, 0.5) is 0 Å². The third-order valence-electron chi connectivity index (χ3n) is 3.48. The number of carbonyl (C=O) groups excluding carboxylic acids is 1. The SMILES string of the molecule is Cc1cccc(C)c1-n1nnnc1C[S@](=O)CC(=O)NCC(C)C. The normalized spacial score (nSPS) is 12.4. The van der Waals surface area contributed by atoms with Gasteiger partial charge in [-0.1, -0.05) is 32.0 Å². The maximum absolute atomic E-state index is 12.3. The van der Waals surface area contributed by atoms with E-state index in [2.05, 4.69) is 20.8 Å². The van der Waals surface area contributed by atoms with Crippen molar-refractivity contribution in [3.8, 4) is 5.69 Å². The van der Waals surface area contributed by atoms with Gasteiger partial charge in [-0.05, 0) is 41.3 Å². The fourth-order valence-electron chi connectivity index (χ4n) is 2.32. The van der Waals surface area contributed by atoms with E-state index in [0.717, 1.165) is 16.8 Å². The number of aryl methyl sites for hydroxylation is 2. The van der Waals surface area contributed by atoms with Crippen LogP contribution in [-0.2, 0) is 21.3 Å². The molecule has 1 atom stereocenters. The Morgan fingerprint density at radius 1 is 1.29 bits per heavy atom. The van der Waals surface area contributed by atoms with Gasteiger partial charge in [-0.25, -0.2) is 0 Å². The number of rotatable bonds is 7. The number of tetrazole rings is 1. The lowest BCUT2D eigenvalue weighted by atomic mass is 10.1. The molecule has 1 amide bonds. The summed E-state index contributed by atoms with van der Waals surface area (Å²) in [6, 6.07) is 5.92. The minimum atomic E-state index is -1.37. The quantitative estimate of drug-likeness (QED) is 0.814. The molecule has 0 fully saturated rings. The minimum absolute atomic E-state index is 0.0493. The molecule has 0 aliphatic heterocycles. The third kappa shape index (κ3) is 4.70. The number of nitrogens with zero attached hydrogens (tertiary/aromatic N) is 4. The van der Waals surface area contributed by atoms with Crippen molar-refractivity contribution in [2.75, 3.05) is 12.3 Å². The third-order valence-corrected chi connectivity index (χ3v) is 4.64. The average Bonchev–Trinajstić information content (AvgIpc) is 2.92. The maximum Gasteiger partial charge on any atom is 0.232 e. The van der Waals surface area contributed by atoms with E-state index in [4.69, 9.17) is 0 Å². The Morgan fingerprint density at radius 3 is 2.58 bits per heavy atom. The lowest BCUT2D eigenvalue weighted by Crippen LogP contribution is -2.31. The number of benzene rings is 1. The summed E-state index contributed by atoms with van der Waals surface area (Å²) in [5, 5.41) is 14.5. The summed E-state index contributed by atoms with van der Waals surface area (Å²) >= 11 is 0. The van der Waals surface area contributed by atoms with Gasteiger partial charge in [0.2, 0.25) is 5.91 Å². The highest BCUT2D eigenvalue weighted by molar-refractivity contribution is 7.84. The minimum Gasteiger partial charge on any atom is -0.355 e. The van der Waals surface area contributed by atoms with Gasteiger partial charge in [0, 0.05) is 17.3 Å². The van der Waals surface area contributed by atoms with Crippen molar-refractivity contribution in [2.45, 2.75) is 33.4 Å². The van der Waals surface area contributed by atoms with Crippen LogP contribution in [0.15, 0.2) is 18.2 Å². The molecule has 1 aromatic carbocycles. The largest absolute Gasteiger partial charge is 0.355 e. The first-order valence-corrected chi connectivity index (χ1v) is 9.32. The van der Waals surface area contributed by atoms with Crippen LogP contribution in [0, 0.1) is 19.8 Å². The van der Waals surface area contributed by atoms with Gasteiger partial charge in [0.1, 0.15) is 5.75 Å². The molecule has 2 aromatic rings. The Balaban J connectivity index is 2.08. The topological polar surface area (TPSA) is 89.8 Å². The highest BCUT2D eigenvalue weighted by Gasteiger charge is 2.17. The molecule has 0 bridgehead atoms. The molecule has 1 N–H and O–H groups in total. The predicted octanol–water partition coefficient (Wildman–Crippen LogP) is 1.30. The number of aromatic nitrogens is 4. The van der Waals surface area contributed by atoms with Crippen LogP contribution in [0.1, 0.15) is 30.8 Å². The molecular formula is C16H23N5O2S. The highest BCUT2D eigenvalue weighted by atomic mass is 32.2. The van der Waals surface area contributed by atoms with Crippen LogP contribution < -0.4 is 5.32 Å². The summed E-state index contributed by atoms with van der Waals surface area (Å²) < 4.78 is 13.9. The van der Waals surface area contributed by atoms with Gasteiger partial charge in [0.05, 0.1) is 11.4 Å². The van der Waals surface area contributed by atoms with E-state index in [0.29, 0.717) is 18.3 Å². The molecule has 130 valence electrons. The van der Waals surface area contributed by atoms with Crippen LogP contribution in [0.5, 0.6) is 0 Å². The first kappa shape index (κ1) is 18.3. The van der Waals surface area contributed by atoms with Crippen LogP contribution in [0.3, 0.4) is 0 Å². The van der Waals surface area contributed by atoms with Crippen molar-refractivity contribution >= 4 is 16.7 Å². The number of carbonyl (C=O) groups is 1. The monoisotopic (exact) mass is 349 g/mol. The van der Waals surface area contributed by atoms with Gasteiger partial charge in [0.25, 0.3) is 0 Å². The zero-order valence-electron chi connectivity index (χ0n) is 14.4. The number of amides is 1. The Bertz CT molecular complexity index is 722. The number of hydrogen-bond donors (Lipinski definition) is 1. The second-order valence-corrected chi connectivity index (χ2v) is 7.63. The molecule has 0 unspecified atom stereocenters. The van der Waals surface area contributed by atoms with E-state index < -0.39 is 10.8 Å². The fraction of sp³-hybridized carbons (Fsp3) is 0.500. The Hall–Kier alpha value is -2.09. The molecule has 7 nitrogen and oxygen atoms in total. The zero-order valence-corrected chi connectivity index (χ0v) is 15.3. The fourth-order valence-corrected chi connectivity index (χ4v) is 3.28. The molecule has 24 heavy (non-hydrogen) atoms. The smallest absolute Gasteiger partial charge is 0.232 e. The van der Waals surface area contributed by atoms with E-state index in [-0.39, 0.29) is 17.4 Å². The van der Waals surface area contributed by atoms with Gasteiger partial charge in [0.15, 0.2) is 5.82 Å². The molecule has 1 heterocycles. The molecule has 0 aliphatic rings. The molecule has 0 spiro atoms. The molecule has 0 saturated carbocycles. The lowest BCUT2D eigenvalue weighted by Gasteiger charge is -2.11. The molecule has 0 aliphatic carbocycles. The highest BCUT2D eigenvalue weighted by Crippen LogP contribution is 2.19. The van der Waals surface area contributed by atoms with Crippen molar-refractivity contribution in [3.63, 3.8) is 0 Å². The molecule has 0 radical (unpaired) electrons. The predicted molar refractivity (Wildman–Crippen MR) is 93.2 cm³/mol. The number of nitrogens with one attached hydrogen (secondary N) is 1. The summed E-state index contributed by atoms with van der Waals surface area (Å²) in [4.78, 5) is 11.8. The maximum atomic E-state index is 12.3. The lowest BCUT2D eigenvalue weighted by molar-refractivity contribution is -0.118. The molecule has 0 saturated heterocycles. The second kappa shape index (κ2) is 8.14. The van der Waals surface area contributed by atoms with Gasteiger partial charge >= 0.3 is 0 Å². The summed E-state index contributed by atoms with van der Waals surface area (Å²) in [7, 11) is -1.37. The van der Waals surface area contributed by atoms with Crippen LogP contribution in [0.25, 0.3) is 5.69 Å². The van der Waals surface area contributed by atoms with Crippen molar-refractivity contribution in [2.24, 2.45) is 5.92 Å². The van der Waals surface area contributed by atoms with E-state index >= 15 is 0 Å². The molecule has 1 aromatic heterocycles. The molecule has 2 rings (SSSR count).